The summed E-state index contributed by atoms with van der Waals surface area (Å²) in [6.07, 6.45) is 3.15. The number of amides is 2. The number of likely N-dealkylation sites (tertiary alicyclic amines) is 1. The number of aromatic nitrogens is 2. The van der Waals surface area contributed by atoms with Gasteiger partial charge in [-0.1, -0.05) is 17.7 Å². The highest BCUT2D eigenvalue weighted by Crippen LogP contribution is 2.29. The highest BCUT2D eigenvalue weighted by molar-refractivity contribution is 6.35. The molecule has 3 heterocycles. The molecule has 7 nitrogen and oxygen atoms in total. The van der Waals surface area contributed by atoms with Gasteiger partial charge >= 0.3 is 0 Å². The van der Waals surface area contributed by atoms with Crippen LogP contribution >= 0.6 is 11.6 Å². The van der Waals surface area contributed by atoms with E-state index in [1.165, 1.54) is 0 Å². The lowest BCUT2D eigenvalue weighted by Gasteiger charge is -2.32. The van der Waals surface area contributed by atoms with E-state index in [-0.39, 0.29) is 24.3 Å². The first-order valence-corrected chi connectivity index (χ1v) is 10.6. The molecule has 1 aromatic carbocycles. The van der Waals surface area contributed by atoms with Crippen LogP contribution in [0.1, 0.15) is 18.5 Å². The number of halogens is 1. The van der Waals surface area contributed by atoms with Crippen molar-refractivity contribution in [1.29, 1.82) is 0 Å². The molecule has 1 fully saturated rings. The lowest BCUT2D eigenvalue weighted by molar-refractivity contribution is -0.136. The van der Waals surface area contributed by atoms with Gasteiger partial charge in [-0.25, -0.2) is 4.98 Å². The fourth-order valence-electron chi connectivity index (χ4n) is 3.72. The van der Waals surface area contributed by atoms with Gasteiger partial charge in [0, 0.05) is 30.4 Å². The van der Waals surface area contributed by atoms with Crippen LogP contribution < -0.4 is 10.1 Å². The monoisotopic (exact) mass is 438 g/mol. The number of aryl methyl sites for hydroxylation is 1. The van der Waals surface area contributed by atoms with Crippen LogP contribution in [0.5, 0.6) is 5.75 Å². The van der Waals surface area contributed by atoms with Crippen molar-refractivity contribution < 1.29 is 14.3 Å². The largest absolute Gasteiger partial charge is 0.481 e. The normalized spacial score (nSPS) is 16.2. The summed E-state index contributed by atoms with van der Waals surface area (Å²) in [6.45, 7) is 2.71. The number of carbonyl (C=O) groups is 2. The molecule has 2 amide bonds. The molecule has 1 aliphatic heterocycles. The Morgan fingerprint density at radius 3 is 2.94 bits per heavy atom. The van der Waals surface area contributed by atoms with Gasteiger partial charge in [-0.05, 0) is 56.2 Å². The third kappa shape index (κ3) is 4.94. The number of pyridine rings is 2. The molecule has 0 radical (unpaired) electrons. The summed E-state index contributed by atoms with van der Waals surface area (Å²) in [6, 6.07) is 12.6. The average molecular weight is 439 g/mol. The molecule has 1 N–H and O–H groups in total. The highest BCUT2D eigenvalue weighted by Gasteiger charge is 2.29. The number of nitrogens with zero attached hydrogens (tertiary/aromatic N) is 3. The van der Waals surface area contributed by atoms with E-state index in [1.807, 2.05) is 25.1 Å². The second-order valence-electron chi connectivity index (χ2n) is 7.57. The molecule has 2 aromatic heterocycles. The number of benzene rings is 1. The number of fused-ring (bicyclic) bond motifs is 1. The lowest BCUT2D eigenvalue weighted by atomic mass is 9.97. The van der Waals surface area contributed by atoms with Crippen molar-refractivity contribution >= 4 is 40.1 Å². The van der Waals surface area contributed by atoms with E-state index in [1.54, 1.807) is 35.4 Å². The highest BCUT2D eigenvalue weighted by atomic mass is 35.5. The van der Waals surface area contributed by atoms with Crippen molar-refractivity contribution in [3.05, 3.63) is 59.4 Å². The predicted octanol–water partition coefficient (Wildman–Crippen LogP) is 3.85. The third-order valence-corrected chi connectivity index (χ3v) is 5.64. The Hall–Kier alpha value is -3.19. The van der Waals surface area contributed by atoms with Gasteiger partial charge in [-0.2, -0.15) is 0 Å². The topological polar surface area (TPSA) is 84.4 Å². The summed E-state index contributed by atoms with van der Waals surface area (Å²) in [7, 11) is 0. The Morgan fingerprint density at radius 2 is 2.10 bits per heavy atom. The van der Waals surface area contributed by atoms with Crippen LogP contribution in [0, 0.1) is 12.8 Å². The number of nitrogens with one attached hydrogen (secondary N) is 1. The first kappa shape index (κ1) is 21.1. The minimum atomic E-state index is -0.280. The molecule has 8 heteroatoms. The van der Waals surface area contributed by atoms with Gasteiger partial charge in [0.15, 0.2) is 6.61 Å². The number of hydrogen-bond donors (Lipinski definition) is 1. The first-order valence-electron chi connectivity index (χ1n) is 10.2. The Kier molecular flexibility index (Phi) is 6.32. The van der Waals surface area contributed by atoms with Crippen LogP contribution in [0.15, 0.2) is 48.7 Å². The van der Waals surface area contributed by atoms with E-state index < -0.39 is 0 Å². The van der Waals surface area contributed by atoms with Gasteiger partial charge in [-0.15, -0.1) is 0 Å². The van der Waals surface area contributed by atoms with Crippen LogP contribution in [0.2, 0.25) is 5.02 Å². The molecule has 0 saturated carbocycles. The second-order valence-corrected chi connectivity index (χ2v) is 7.97. The van der Waals surface area contributed by atoms with Crippen molar-refractivity contribution in [3.8, 4) is 5.75 Å². The Bertz CT molecular complexity index is 1120. The van der Waals surface area contributed by atoms with Gasteiger partial charge < -0.3 is 15.0 Å². The molecule has 160 valence electrons. The number of ether oxygens (including phenoxy) is 1. The first-order chi connectivity index (χ1) is 15.0. The van der Waals surface area contributed by atoms with Crippen molar-refractivity contribution in [1.82, 2.24) is 14.9 Å². The molecule has 4 rings (SSSR count). The molecule has 0 spiro atoms. The van der Waals surface area contributed by atoms with Crippen molar-refractivity contribution in [2.75, 3.05) is 25.0 Å². The van der Waals surface area contributed by atoms with Crippen LogP contribution in [0.25, 0.3) is 10.9 Å². The maximum absolute atomic E-state index is 12.8. The molecule has 1 unspecified atom stereocenters. The van der Waals surface area contributed by atoms with Crippen LogP contribution in [-0.4, -0.2) is 46.4 Å². The van der Waals surface area contributed by atoms with Gasteiger partial charge in [0.1, 0.15) is 17.1 Å². The van der Waals surface area contributed by atoms with Gasteiger partial charge in [-0.3, -0.25) is 14.6 Å². The summed E-state index contributed by atoms with van der Waals surface area (Å²) in [4.78, 5) is 35.7. The van der Waals surface area contributed by atoms with Gasteiger partial charge in [0.25, 0.3) is 5.91 Å². The quantitative estimate of drug-likeness (QED) is 0.654. The molecule has 31 heavy (non-hydrogen) atoms. The number of carbonyl (C=O) groups excluding carboxylic acids is 2. The van der Waals surface area contributed by atoms with E-state index >= 15 is 0 Å². The van der Waals surface area contributed by atoms with E-state index in [9.17, 15) is 9.59 Å². The zero-order valence-corrected chi connectivity index (χ0v) is 17.9. The molecule has 1 atom stereocenters. The van der Waals surface area contributed by atoms with Crippen LogP contribution in [-0.2, 0) is 9.59 Å². The zero-order valence-electron chi connectivity index (χ0n) is 17.2. The SMILES string of the molecule is Cc1cccc(NC(=O)C2CCCN(C(=O)COc3ccc(Cl)c4cccnc34)C2)n1. The Morgan fingerprint density at radius 1 is 1.23 bits per heavy atom. The summed E-state index contributed by atoms with van der Waals surface area (Å²) in [5, 5.41) is 4.21. The summed E-state index contributed by atoms with van der Waals surface area (Å²) >= 11 is 6.21. The predicted molar refractivity (Wildman–Crippen MR) is 119 cm³/mol. The van der Waals surface area contributed by atoms with Crippen molar-refractivity contribution in [2.24, 2.45) is 5.92 Å². The number of rotatable bonds is 5. The third-order valence-electron chi connectivity index (χ3n) is 5.32. The maximum Gasteiger partial charge on any atom is 0.260 e. The van der Waals surface area contributed by atoms with Gasteiger partial charge in [0.2, 0.25) is 5.91 Å². The zero-order chi connectivity index (χ0) is 21.8. The number of anilines is 1. The smallest absolute Gasteiger partial charge is 0.260 e. The summed E-state index contributed by atoms with van der Waals surface area (Å²) in [5.41, 5.74) is 1.45. The van der Waals surface area contributed by atoms with Gasteiger partial charge in [0.05, 0.1) is 10.9 Å². The Balaban J connectivity index is 1.37. The van der Waals surface area contributed by atoms with E-state index in [0.29, 0.717) is 35.2 Å². The second kappa shape index (κ2) is 9.31. The molecule has 1 aliphatic rings. The van der Waals surface area contributed by atoms with E-state index in [2.05, 4.69) is 15.3 Å². The maximum atomic E-state index is 12.8. The molecule has 1 saturated heterocycles. The van der Waals surface area contributed by atoms with Crippen molar-refractivity contribution in [3.63, 3.8) is 0 Å². The van der Waals surface area contributed by atoms with Crippen molar-refractivity contribution in [2.45, 2.75) is 19.8 Å². The molecule has 0 bridgehead atoms. The van der Waals surface area contributed by atoms with E-state index in [0.717, 1.165) is 23.9 Å². The van der Waals surface area contributed by atoms with Crippen LogP contribution in [0.4, 0.5) is 5.82 Å². The average Bonchev–Trinajstić information content (AvgIpc) is 2.79. The molecule has 0 aliphatic carbocycles. The minimum absolute atomic E-state index is 0.121. The summed E-state index contributed by atoms with van der Waals surface area (Å²) < 4.78 is 5.77. The summed E-state index contributed by atoms with van der Waals surface area (Å²) in [5.74, 6) is 0.469. The number of hydrogen-bond acceptors (Lipinski definition) is 5. The fraction of sp³-hybridized carbons (Fsp3) is 0.304. The standard InChI is InChI=1S/C23H23ClN4O3/c1-15-5-2-8-20(26-15)27-23(30)16-6-4-12-28(13-16)21(29)14-31-19-10-9-18(24)17-7-3-11-25-22(17)19/h2-3,5,7-11,16H,4,6,12-14H2,1H3,(H,26,27,30). The number of piperidine rings is 1. The fourth-order valence-corrected chi connectivity index (χ4v) is 3.93. The molecule has 3 aromatic rings. The van der Waals surface area contributed by atoms with Crippen LogP contribution in [0.3, 0.4) is 0 Å². The molecular weight excluding hydrogens is 416 g/mol. The Labute approximate surface area is 185 Å². The lowest BCUT2D eigenvalue weighted by Crippen LogP contribution is -2.45. The molecular formula is C23H23ClN4O3. The van der Waals surface area contributed by atoms with E-state index in [4.69, 9.17) is 16.3 Å². The minimum Gasteiger partial charge on any atom is -0.481 e.